The minimum atomic E-state index is -2.21. The summed E-state index contributed by atoms with van der Waals surface area (Å²) >= 11 is 0. The molecule has 0 saturated heterocycles. The summed E-state index contributed by atoms with van der Waals surface area (Å²) in [6.07, 6.45) is 1.37. The average Bonchev–Trinajstić information content (AvgIpc) is 2.22. The summed E-state index contributed by atoms with van der Waals surface area (Å²) < 4.78 is 4.61. The highest BCUT2D eigenvalue weighted by Crippen LogP contribution is 2.22. The Morgan fingerprint density at radius 3 is 2.79 bits per heavy atom. The topological polar surface area (TPSA) is 89.0 Å². The number of hydrogen-bond acceptors (Lipinski definition) is 5. The molecule has 0 aliphatic carbocycles. The monoisotopic (exact) mass is 193 g/mol. The van der Waals surface area contributed by atoms with Crippen LogP contribution in [-0.2, 0) is 10.5 Å². The van der Waals surface area contributed by atoms with Crippen molar-refractivity contribution in [2.24, 2.45) is 0 Å². The molecule has 0 N–H and O–H groups in total. The molecule has 0 radical (unpaired) electrons. The maximum atomic E-state index is 10.7. The number of rotatable bonds is 3. The van der Waals surface area contributed by atoms with E-state index in [1.54, 1.807) is 12.1 Å². The van der Waals surface area contributed by atoms with Gasteiger partial charge in [-0.25, -0.2) is 4.98 Å². The van der Waals surface area contributed by atoms with E-state index in [1.165, 1.54) is 18.3 Å². The molecule has 6 heteroatoms. The van der Waals surface area contributed by atoms with Gasteiger partial charge in [0.2, 0.25) is 0 Å². The summed E-state index contributed by atoms with van der Waals surface area (Å²) in [5.41, 5.74) is -2.24. The summed E-state index contributed by atoms with van der Waals surface area (Å²) in [5.74, 6) is 0. The Morgan fingerprint density at radius 1 is 1.71 bits per heavy atom. The number of nitriles is 1. The van der Waals surface area contributed by atoms with Crippen molar-refractivity contribution in [1.82, 2.24) is 4.98 Å². The molecule has 6 nitrogen and oxygen atoms in total. The van der Waals surface area contributed by atoms with E-state index < -0.39 is 10.6 Å². The lowest BCUT2D eigenvalue weighted by atomic mass is 10.1. The number of pyridine rings is 1. The van der Waals surface area contributed by atoms with Crippen molar-refractivity contribution in [3.05, 3.63) is 40.2 Å². The van der Waals surface area contributed by atoms with E-state index >= 15 is 0 Å². The molecule has 1 heterocycles. The van der Waals surface area contributed by atoms with Crippen LogP contribution in [-0.4, -0.2) is 17.0 Å². The first kappa shape index (κ1) is 10.1. The van der Waals surface area contributed by atoms with Gasteiger partial charge in [-0.15, -0.1) is 0 Å². The quantitative estimate of drug-likeness (QED) is 0.400. The van der Waals surface area contributed by atoms with Gasteiger partial charge in [-0.2, -0.15) is 5.26 Å². The van der Waals surface area contributed by atoms with Crippen molar-refractivity contribution in [2.75, 3.05) is 7.11 Å². The highest BCUT2D eigenvalue weighted by atomic mass is 16.7. The van der Waals surface area contributed by atoms with Crippen molar-refractivity contribution in [2.45, 2.75) is 5.72 Å². The first-order valence-corrected chi connectivity index (χ1v) is 3.70. The zero-order chi connectivity index (χ0) is 10.6. The molecule has 0 amide bonds. The van der Waals surface area contributed by atoms with Gasteiger partial charge in [0, 0.05) is 13.3 Å². The predicted octanol–water partition coefficient (Wildman–Crippen LogP) is 0.681. The minimum absolute atomic E-state index is 0.0324. The van der Waals surface area contributed by atoms with Gasteiger partial charge in [-0.1, -0.05) is 6.07 Å². The summed E-state index contributed by atoms with van der Waals surface area (Å²) in [7, 11) is 1.10. The molecule has 1 unspecified atom stereocenters. The lowest BCUT2D eigenvalue weighted by Gasteiger charge is -2.14. The van der Waals surface area contributed by atoms with E-state index in [0.717, 1.165) is 7.11 Å². The molecule has 1 aromatic heterocycles. The molecule has 0 aromatic carbocycles. The van der Waals surface area contributed by atoms with E-state index in [2.05, 4.69) is 9.72 Å². The van der Waals surface area contributed by atoms with Gasteiger partial charge in [0.15, 0.2) is 11.8 Å². The molecule has 72 valence electrons. The Bertz CT molecular complexity index is 373. The molecular weight excluding hydrogens is 186 g/mol. The van der Waals surface area contributed by atoms with Crippen LogP contribution < -0.4 is 0 Å². The maximum absolute atomic E-state index is 10.7. The van der Waals surface area contributed by atoms with Gasteiger partial charge < -0.3 is 4.74 Å². The van der Waals surface area contributed by atoms with Crippen molar-refractivity contribution < 1.29 is 9.66 Å². The second-order valence-corrected chi connectivity index (χ2v) is 2.43. The Kier molecular flexibility index (Phi) is 2.74. The third kappa shape index (κ3) is 1.41. The van der Waals surface area contributed by atoms with Crippen LogP contribution in [0.5, 0.6) is 0 Å². The fourth-order valence-electron chi connectivity index (χ4n) is 0.980. The lowest BCUT2D eigenvalue weighted by molar-refractivity contribution is -0.619. The molecule has 0 saturated carbocycles. The third-order valence-electron chi connectivity index (χ3n) is 1.72. The van der Waals surface area contributed by atoms with Gasteiger partial charge in [0.05, 0.1) is 4.92 Å². The highest BCUT2D eigenvalue weighted by Gasteiger charge is 2.47. The molecule has 1 rings (SSSR count). The van der Waals surface area contributed by atoms with Crippen molar-refractivity contribution >= 4 is 0 Å². The van der Waals surface area contributed by atoms with Crippen LogP contribution in [0.3, 0.4) is 0 Å². The van der Waals surface area contributed by atoms with Crippen molar-refractivity contribution in [3.8, 4) is 6.07 Å². The van der Waals surface area contributed by atoms with Crippen LogP contribution in [0, 0.1) is 21.4 Å². The fourth-order valence-corrected chi connectivity index (χ4v) is 0.980. The van der Waals surface area contributed by atoms with Crippen LogP contribution >= 0.6 is 0 Å². The zero-order valence-corrected chi connectivity index (χ0v) is 7.38. The standard InChI is InChI=1S/C8H7N3O3/c1-14-8(6-9,11(12)13)7-4-2-3-5-10-7/h2-5H,1H3. The summed E-state index contributed by atoms with van der Waals surface area (Å²) in [4.78, 5) is 13.6. The van der Waals surface area contributed by atoms with Gasteiger partial charge in [-0.05, 0) is 12.1 Å². The molecule has 0 aliphatic heterocycles. The van der Waals surface area contributed by atoms with Gasteiger partial charge >= 0.3 is 5.72 Å². The Balaban J connectivity index is 3.27. The Hall–Kier alpha value is -2.00. The first-order chi connectivity index (χ1) is 6.67. The number of methoxy groups -OCH3 is 1. The van der Waals surface area contributed by atoms with Crippen LogP contribution in [0.25, 0.3) is 0 Å². The second kappa shape index (κ2) is 3.81. The second-order valence-electron chi connectivity index (χ2n) is 2.43. The van der Waals surface area contributed by atoms with E-state index in [1.807, 2.05) is 0 Å². The number of nitrogens with zero attached hydrogens (tertiary/aromatic N) is 3. The van der Waals surface area contributed by atoms with Crippen LogP contribution in [0.15, 0.2) is 24.4 Å². The SMILES string of the molecule is COC(C#N)(c1ccccn1)[N+](=O)[O-]. The molecule has 0 fully saturated rings. The van der Waals surface area contributed by atoms with Gasteiger partial charge in [0.1, 0.15) is 0 Å². The van der Waals surface area contributed by atoms with Gasteiger partial charge in [-0.3, -0.25) is 10.1 Å². The summed E-state index contributed by atoms with van der Waals surface area (Å²) in [5, 5.41) is 19.4. The lowest BCUT2D eigenvalue weighted by Crippen LogP contribution is -2.36. The molecule has 0 aliphatic rings. The predicted molar refractivity (Wildman–Crippen MR) is 45.5 cm³/mol. The molecule has 0 spiro atoms. The van der Waals surface area contributed by atoms with Crippen molar-refractivity contribution in [1.29, 1.82) is 5.26 Å². The molecule has 0 bridgehead atoms. The van der Waals surface area contributed by atoms with E-state index in [9.17, 15) is 10.1 Å². The van der Waals surface area contributed by atoms with Crippen LogP contribution in [0.2, 0.25) is 0 Å². The molecule has 1 aromatic rings. The Morgan fingerprint density at radius 2 is 2.43 bits per heavy atom. The maximum Gasteiger partial charge on any atom is 0.456 e. The largest absolute Gasteiger partial charge is 0.456 e. The summed E-state index contributed by atoms with van der Waals surface area (Å²) in [6, 6.07) is 6.02. The summed E-state index contributed by atoms with van der Waals surface area (Å²) in [6.45, 7) is 0. The van der Waals surface area contributed by atoms with Gasteiger partial charge in [0.25, 0.3) is 0 Å². The van der Waals surface area contributed by atoms with E-state index in [4.69, 9.17) is 5.26 Å². The van der Waals surface area contributed by atoms with Crippen molar-refractivity contribution in [3.63, 3.8) is 0 Å². The zero-order valence-electron chi connectivity index (χ0n) is 7.38. The third-order valence-corrected chi connectivity index (χ3v) is 1.72. The normalized spacial score (nSPS) is 14.0. The van der Waals surface area contributed by atoms with Crippen LogP contribution in [0.1, 0.15) is 5.69 Å². The number of hydrogen-bond donors (Lipinski definition) is 0. The first-order valence-electron chi connectivity index (χ1n) is 3.70. The Labute approximate surface area is 79.9 Å². The molecule has 14 heavy (non-hydrogen) atoms. The molecule has 1 atom stereocenters. The number of aromatic nitrogens is 1. The van der Waals surface area contributed by atoms with E-state index in [-0.39, 0.29) is 5.69 Å². The average molecular weight is 193 g/mol. The minimum Gasteiger partial charge on any atom is -0.301 e. The smallest absolute Gasteiger partial charge is 0.301 e. The van der Waals surface area contributed by atoms with Crippen LogP contribution in [0.4, 0.5) is 0 Å². The number of nitro groups is 1. The molecular formula is C8H7N3O3. The highest BCUT2D eigenvalue weighted by molar-refractivity contribution is 5.17. The number of ether oxygens (including phenoxy) is 1. The van der Waals surface area contributed by atoms with E-state index in [0.29, 0.717) is 0 Å². The fraction of sp³-hybridized carbons (Fsp3) is 0.250.